The van der Waals surface area contributed by atoms with Crippen molar-refractivity contribution in [2.45, 2.75) is 19.4 Å². The molecule has 146 valence electrons. The molecule has 0 bridgehead atoms. The van der Waals surface area contributed by atoms with Crippen LogP contribution in [0.5, 0.6) is 5.75 Å². The molecule has 0 unspecified atom stereocenters. The van der Waals surface area contributed by atoms with E-state index in [2.05, 4.69) is 5.32 Å². The van der Waals surface area contributed by atoms with Gasteiger partial charge in [-0.2, -0.15) is 0 Å². The number of hydrogen-bond acceptors (Lipinski definition) is 4. The summed E-state index contributed by atoms with van der Waals surface area (Å²) in [6.07, 6.45) is 1.28. The van der Waals surface area contributed by atoms with Crippen LogP contribution in [0, 0.1) is 0 Å². The fourth-order valence-electron chi connectivity index (χ4n) is 2.65. The number of nitrogens with zero attached hydrogens (tertiary/aromatic N) is 1. The van der Waals surface area contributed by atoms with Crippen molar-refractivity contribution in [1.82, 2.24) is 0 Å². The molecule has 0 spiro atoms. The average Bonchev–Trinajstić information content (AvgIpc) is 2.61. The summed E-state index contributed by atoms with van der Waals surface area (Å²) in [4.78, 5) is 12.9. The maximum atomic E-state index is 12.9. The summed E-state index contributed by atoms with van der Waals surface area (Å²) >= 11 is 12.0. The van der Waals surface area contributed by atoms with Crippen molar-refractivity contribution in [1.29, 1.82) is 0 Å². The number of benzene rings is 2. The molecule has 6 nitrogen and oxygen atoms in total. The second kappa shape index (κ2) is 8.82. The first kappa shape index (κ1) is 21.3. The molecular formula is C18H20Cl2N2O4S. The van der Waals surface area contributed by atoms with E-state index in [-0.39, 0.29) is 17.1 Å². The van der Waals surface area contributed by atoms with Gasteiger partial charge < -0.3 is 10.1 Å². The van der Waals surface area contributed by atoms with Gasteiger partial charge in [0.2, 0.25) is 15.9 Å². The van der Waals surface area contributed by atoms with Crippen LogP contribution in [0.25, 0.3) is 0 Å². The van der Waals surface area contributed by atoms with Crippen molar-refractivity contribution in [2.75, 3.05) is 23.0 Å². The highest BCUT2D eigenvalue weighted by Crippen LogP contribution is 2.31. The first-order valence-corrected chi connectivity index (χ1v) is 10.7. The molecule has 2 aromatic rings. The molecule has 27 heavy (non-hydrogen) atoms. The Morgan fingerprint density at radius 1 is 1.19 bits per heavy atom. The number of amides is 1. The lowest BCUT2D eigenvalue weighted by atomic mass is 10.1. The molecular weight excluding hydrogens is 411 g/mol. The van der Waals surface area contributed by atoms with Gasteiger partial charge in [-0.15, -0.1) is 0 Å². The lowest BCUT2D eigenvalue weighted by Gasteiger charge is -2.30. The largest absolute Gasteiger partial charge is 0.495 e. The molecule has 0 aliphatic heterocycles. The van der Waals surface area contributed by atoms with Crippen molar-refractivity contribution >= 4 is 50.5 Å². The molecule has 0 aromatic heterocycles. The summed E-state index contributed by atoms with van der Waals surface area (Å²) in [7, 11) is -2.29. The quantitative estimate of drug-likeness (QED) is 0.714. The van der Waals surface area contributed by atoms with Crippen LogP contribution in [0.1, 0.15) is 13.3 Å². The number of rotatable bonds is 7. The zero-order chi connectivity index (χ0) is 20.2. The van der Waals surface area contributed by atoms with Crippen LogP contribution < -0.4 is 14.4 Å². The number of anilines is 2. The summed E-state index contributed by atoms with van der Waals surface area (Å²) < 4.78 is 31.2. The molecule has 1 atom stereocenters. The van der Waals surface area contributed by atoms with E-state index in [9.17, 15) is 13.2 Å². The Morgan fingerprint density at radius 3 is 2.41 bits per heavy atom. The number of nitrogens with one attached hydrogen (secondary N) is 1. The van der Waals surface area contributed by atoms with Crippen LogP contribution in [0.3, 0.4) is 0 Å². The summed E-state index contributed by atoms with van der Waals surface area (Å²) in [5.74, 6) is -0.0142. The van der Waals surface area contributed by atoms with Crippen molar-refractivity contribution in [3.8, 4) is 5.75 Å². The summed E-state index contributed by atoms with van der Waals surface area (Å²) in [5.41, 5.74) is 0.708. The molecule has 9 heteroatoms. The predicted octanol–water partition coefficient (Wildman–Crippen LogP) is 4.19. The first-order valence-electron chi connectivity index (χ1n) is 8.07. The number of hydrogen-bond donors (Lipinski definition) is 1. The maximum Gasteiger partial charge on any atom is 0.248 e. The number of carbonyl (C=O) groups is 1. The Bertz CT molecular complexity index is 935. The third-order valence-corrected chi connectivity index (χ3v) is 5.77. The monoisotopic (exact) mass is 430 g/mol. The van der Waals surface area contributed by atoms with Crippen LogP contribution in [0.4, 0.5) is 11.4 Å². The zero-order valence-corrected chi connectivity index (χ0v) is 17.4. The lowest BCUT2D eigenvalue weighted by molar-refractivity contribution is -0.117. The van der Waals surface area contributed by atoms with Gasteiger partial charge in [0.1, 0.15) is 11.8 Å². The molecule has 0 fully saturated rings. The zero-order valence-electron chi connectivity index (χ0n) is 15.1. The highest BCUT2D eigenvalue weighted by molar-refractivity contribution is 7.92. The Kier molecular flexibility index (Phi) is 6.97. The van der Waals surface area contributed by atoms with E-state index in [4.69, 9.17) is 27.9 Å². The maximum absolute atomic E-state index is 12.9. The Balaban J connectivity index is 2.43. The second-order valence-corrected chi connectivity index (χ2v) is 8.44. The van der Waals surface area contributed by atoms with Gasteiger partial charge in [0.25, 0.3) is 0 Å². The van der Waals surface area contributed by atoms with Crippen LogP contribution in [0.2, 0.25) is 10.0 Å². The number of halogens is 2. The van der Waals surface area contributed by atoms with Gasteiger partial charge in [-0.05, 0) is 36.8 Å². The molecule has 0 heterocycles. The molecule has 1 amide bonds. The number of para-hydroxylation sites is 2. The van der Waals surface area contributed by atoms with Crippen molar-refractivity contribution in [3.05, 3.63) is 52.5 Å². The third-order valence-electron chi connectivity index (χ3n) is 3.85. The lowest BCUT2D eigenvalue weighted by Crippen LogP contribution is -2.47. The van der Waals surface area contributed by atoms with Crippen molar-refractivity contribution in [2.24, 2.45) is 0 Å². The molecule has 0 saturated carbocycles. The fraction of sp³-hybridized carbons (Fsp3) is 0.278. The minimum atomic E-state index is -3.77. The normalized spacial score (nSPS) is 12.3. The minimum Gasteiger partial charge on any atom is -0.495 e. The van der Waals surface area contributed by atoms with Gasteiger partial charge >= 0.3 is 0 Å². The smallest absolute Gasteiger partial charge is 0.248 e. The highest BCUT2D eigenvalue weighted by atomic mass is 35.5. The summed E-state index contributed by atoms with van der Waals surface area (Å²) in [5, 5.41) is 3.22. The summed E-state index contributed by atoms with van der Waals surface area (Å²) in [6.45, 7) is 1.72. The fourth-order valence-corrected chi connectivity index (χ4v) is 4.14. The molecule has 0 saturated heterocycles. The van der Waals surface area contributed by atoms with E-state index in [1.165, 1.54) is 25.3 Å². The van der Waals surface area contributed by atoms with Gasteiger partial charge in [0, 0.05) is 0 Å². The topological polar surface area (TPSA) is 75.7 Å². The van der Waals surface area contributed by atoms with E-state index < -0.39 is 22.0 Å². The number of sulfonamides is 1. The summed E-state index contributed by atoms with van der Waals surface area (Å²) in [6, 6.07) is 10.3. The number of ether oxygens (including phenoxy) is 1. The van der Waals surface area contributed by atoms with Gasteiger partial charge in [0.05, 0.1) is 34.8 Å². The highest BCUT2D eigenvalue weighted by Gasteiger charge is 2.32. The molecule has 2 aromatic carbocycles. The van der Waals surface area contributed by atoms with Crippen LogP contribution in [-0.2, 0) is 14.8 Å². The van der Waals surface area contributed by atoms with Crippen molar-refractivity contribution < 1.29 is 17.9 Å². The predicted molar refractivity (Wildman–Crippen MR) is 109 cm³/mol. The molecule has 1 N–H and O–H groups in total. The SMILES string of the molecule is CC[C@@H](C(=O)Nc1ccccc1OC)N(c1ccc(Cl)c(Cl)c1)S(C)(=O)=O. The van der Waals surface area contributed by atoms with E-state index in [0.717, 1.165) is 10.6 Å². The first-order chi connectivity index (χ1) is 12.7. The third kappa shape index (κ3) is 5.06. The average molecular weight is 431 g/mol. The molecule has 0 aliphatic rings. The van der Waals surface area contributed by atoms with E-state index in [0.29, 0.717) is 16.5 Å². The number of methoxy groups -OCH3 is 1. The van der Waals surface area contributed by atoms with Crippen LogP contribution >= 0.6 is 23.2 Å². The van der Waals surface area contributed by atoms with Gasteiger partial charge in [0.15, 0.2) is 0 Å². The van der Waals surface area contributed by atoms with E-state index in [1.807, 2.05) is 0 Å². The van der Waals surface area contributed by atoms with Gasteiger partial charge in [-0.1, -0.05) is 42.3 Å². The van der Waals surface area contributed by atoms with Gasteiger partial charge in [-0.3, -0.25) is 9.10 Å². The van der Waals surface area contributed by atoms with E-state index in [1.54, 1.807) is 31.2 Å². The standard InChI is InChI=1S/C18H20Cl2N2O4S/c1-4-16(18(23)21-15-7-5-6-8-17(15)26-2)22(27(3,24)25)12-9-10-13(19)14(20)11-12/h5-11,16H,4H2,1-3H3,(H,21,23)/t16-/m0/s1. The Labute approximate surface area is 169 Å². The van der Waals surface area contributed by atoms with Crippen molar-refractivity contribution in [3.63, 3.8) is 0 Å². The second-order valence-electron chi connectivity index (χ2n) is 5.77. The molecule has 0 radical (unpaired) electrons. The number of carbonyl (C=O) groups excluding carboxylic acids is 1. The Hall–Kier alpha value is -1.96. The Morgan fingerprint density at radius 2 is 1.85 bits per heavy atom. The molecule has 2 rings (SSSR count). The van der Waals surface area contributed by atoms with Crippen LogP contribution in [0.15, 0.2) is 42.5 Å². The minimum absolute atomic E-state index is 0.197. The van der Waals surface area contributed by atoms with Crippen LogP contribution in [-0.4, -0.2) is 33.7 Å². The van der Waals surface area contributed by atoms with Gasteiger partial charge in [-0.25, -0.2) is 8.42 Å². The van der Waals surface area contributed by atoms with E-state index >= 15 is 0 Å². The molecule has 0 aliphatic carbocycles.